The lowest BCUT2D eigenvalue weighted by molar-refractivity contribution is 0.162. The van der Waals surface area contributed by atoms with Crippen molar-refractivity contribution in [2.75, 3.05) is 7.11 Å². The van der Waals surface area contributed by atoms with Crippen LogP contribution in [0.3, 0.4) is 0 Å². The summed E-state index contributed by atoms with van der Waals surface area (Å²) < 4.78 is 18.9. The molecule has 1 atom stereocenters. The summed E-state index contributed by atoms with van der Waals surface area (Å²) >= 11 is 0. The molecule has 0 bridgehead atoms. The van der Waals surface area contributed by atoms with E-state index in [0.29, 0.717) is 12.8 Å². The van der Waals surface area contributed by atoms with Crippen molar-refractivity contribution in [3.05, 3.63) is 59.7 Å². The highest BCUT2D eigenvalue weighted by Crippen LogP contribution is 2.27. The lowest BCUT2D eigenvalue weighted by Gasteiger charge is -2.13. The van der Waals surface area contributed by atoms with Crippen LogP contribution in [0.5, 0.6) is 5.75 Å². The molecular formula is C15H16FNO2. The van der Waals surface area contributed by atoms with Crippen LogP contribution in [0.15, 0.2) is 42.7 Å². The molecular weight excluding hydrogens is 245 g/mol. The summed E-state index contributed by atoms with van der Waals surface area (Å²) in [6, 6.07) is 8.55. The van der Waals surface area contributed by atoms with Crippen LogP contribution in [-0.4, -0.2) is 17.2 Å². The minimum absolute atomic E-state index is 0.151. The predicted octanol–water partition coefficient (Wildman–Crippen LogP) is 2.90. The van der Waals surface area contributed by atoms with Crippen molar-refractivity contribution in [2.24, 2.45) is 0 Å². The number of aliphatic hydroxyl groups is 1. The maximum absolute atomic E-state index is 14.0. The van der Waals surface area contributed by atoms with E-state index in [4.69, 9.17) is 4.74 Å². The molecule has 0 aliphatic rings. The summed E-state index contributed by atoms with van der Waals surface area (Å²) in [5.41, 5.74) is 1.29. The molecule has 0 fully saturated rings. The number of aliphatic hydroxyl groups excluding tert-OH is 1. The Morgan fingerprint density at radius 2 is 2.16 bits per heavy atom. The second-order valence-corrected chi connectivity index (χ2v) is 4.28. The maximum atomic E-state index is 14.0. The average Bonchev–Trinajstić information content (AvgIpc) is 2.46. The first-order chi connectivity index (χ1) is 9.22. The molecule has 2 aromatic rings. The summed E-state index contributed by atoms with van der Waals surface area (Å²) in [5.74, 6) is -0.346. The standard InChI is InChI=1S/C15H16FNO2/c1-19-14-6-2-5-12(15(14)16)13(18)8-7-11-4-3-9-17-10-11/h2-6,9-10,13,18H,7-8H2,1H3. The Hall–Kier alpha value is -1.94. The van der Waals surface area contributed by atoms with Gasteiger partial charge in [0.2, 0.25) is 0 Å². The number of hydrogen-bond acceptors (Lipinski definition) is 3. The van der Waals surface area contributed by atoms with E-state index >= 15 is 0 Å². The van der Waals surface area contributed by atoms with Gasteiger partial charge in [-0.05, 0) is 30.5 Å². The van der Waals surface area contributed by atoms with Crippen molar-refractivity contribution in [1.82, 2.24) is 4.98 Å². The van der Waals surface area contributed by atoms with Crippen LogP contribution in [0.1, 0.15) is 23.7 Å². The number of pyridine rings is 1. The Morgan fingerprint density at radius 1 is 1.32 bits per heavy atom. The molecule has 2 rings (SSSR count). The van der Waals surface area contributed by atoms with Crippen LogP contribution in [0, 0.1) is 5.82 Å². The quantitative estimate of drug-likeness (QED) is 0.899. The van der Waals surface area contributed by atoms with Crippen LogP contribution < -0.4 is 4.74 Å². The Morgan fingerprint density at radius 3 is 2.84 bits per heavy atom. The lowest BCUT2D eigenvalue weighted by atomic mass is 10.0. The molecule has 0 saturated heterocycles. The number of rotatable bonds is 5. The number of halogens is 1. The Labute approximate surface area is 111 Å². The third-order valence-corrected chi connectivity index (χ3v) is 3.00. The number of methoxy groups -OCH3 is 1. The largest absolute Gasteiger partial charge is 0.494 e. The van der Waals surface area contributed by atoms with Crippen molar-refractivity contribution < 1.29 is 14.2 Å². The van der Waals surface area contributed by atoms with Gasteiger partial charge in [-0.1, -0.05) is 18.2 Å². The molecule has 0 saturated carbocycles. The average molecular weight is 261 g/mol. The number of ether oxygens (including phenoxy) is 1. The highest BCUT2D eigenvalue weighted by molar-refractivity contribution is 5.32. The van der Waals surface area contributed by atoms with Gasteiger partial charge in [0.15, 0.2) is 11.6 Å². The van der Waals surface area contributed by atoms with Crippen LogP contribution >= 0.6 is 0 Å². The summed E-state index contributed by atoms with van der Waals surface area (Å²) in [5, 5.41) is 10.1. The predicted molar refractivity (Wildman–Crippen MR) is 70.5 cm³/mol. The number of benzene rings is 1. The molecule has 1 heterocycles. The highest BCUT2D eigenvalue weighted by Gasteiger charge is 2.16. The summed E-state index contributed by atoms with van der Waals surface area (Å²) in [7, 11) is 1.41. The Balaban J connectivity index is 2.06. The fraction of sp³-hybridized carbons (Fsp3) is 0.267. The van der Waals surface area contributed by atoms with E-state index in [1.807, 2.05) is 12.1 Å². The monoisotopic (exact) mass is 261 g/mol. The molecule has 19 heavy (non-hydrogen) atoms. The molecule has 0 amide bonds. The maximum Gasteiger partial charge on any atom is 0.170 e. The van der Waals surface area contributed by atoms with Gasteiger partial charge in [0.05, 0.1) is 13.2 Å². The number of hydrogen-bond donors (Lipinski definition) is 1. The number of aryl methyl sites for hydroxylation is 1. The third-order valence-electron chi connectivity index (χ3n) is 3.00. The van der Waals surface area contributed by atoms with E-state index < -0.39 is 11.9 Å². The third kappa shape index (κ3) is 3.29. The Bertz CT molecular complexity index is 531. The van der Waals surface area contributed by atoms with Gasteiger partial charge in [-0.3, -0.25) is 4.98 Å². The van der Waals surface area contributed by atoms with Gasteiger partial charge in [0.25, 0.3) is 0 Å². The summed E-state index contributed by atoms with van der Waals surface area (Å²) in [4.78, 5) is 4.00. The molecule has 0 radical (unpaired) electrons. The smallest absolute Gasteiger partial charge is 0.170 e. The van der Waals surface area contributed by atoms with E-state index in [9.17, 15) is 9.50 Å². The van der Waals surface area contributed by atoms with Gasteiger partial charge < -0.3 is 9.84 Å². The van der Waals surface area contributed by atoms with Gasteiger partial charge in [-0.2, -0.15) is 0 Å². The van der Waals surface area contributed by atoms with Crippen molar-refractivity contribution >= 4 is 0 Å². The topological polar surface area (TPSA) is 42.4 Å². The molecule has 0 aliphatic heterocycles. The molecule has 0 spiro atoms. The van der Waals surface area contributed by atoms with Gasteiger partial charge in [-0.15, -0.1) is 0 Å². The van der Waals surface area contributed by atoms with E-state index in [1.54, 1.807) is 24.5 Å². The lowest BCUT2D eigenvalue weighted by Crippen LogP contribution is -2.04. The van der Waals surface area contributed by atoms with Crippen molar-refractivity contribution in [2.45, 2.75) is 18.9 Å². The van der Waals surface area contributed by atoms with Crippen LogP contribution in [-0.2, 0) is 6.42 Å². The molecule has 4 heteroatoms. The minimum Gasteiger partial charge on any atom is -0.494 e. The van der Waals surface area contributed by atoms with Crippen LogP contribution in [0.25, 0.3) is 0 Å². The first kappa shape index (κ1) is 13.5. The van der Waals surface area contributed by atoms with Crippen LogP contribution in [0.4, 0.5) is 4.39 Å². The molecule has 1 unspecified atom stereocenters. The zero-order chi connectivity index (χ0) is 13.7. The van der Waals surface area contributed by atoms with E-state index in [2.05, 4.69) is 4.98 Å². The van der Waals surface area contributed by atoms with E-state index in [0.717, 1.165) is 5.56 Å². The normalized spacial score (nSPS) is 12.2. The SMILES string of the molecule is COc1cccc(C(O)CCc2cccnc2)c1F. The van der Waals surface area contributed by atoms with Gasteiger partial charge in [0.1, 0.15) is 0 Å². The summed E-state index contributed by atoms with van der Waals surface area (Å²) in [6.07, 6.45) is 3.67. The zero-order valence-corrected chi connectivity index (χ0v) is 10.7. The highest BCUT2D eigenvalue weighted by atomic mass is 19.1. The fourth-order valence-corrected chi connectivity index (χ4v) is 1.95. The number of nitrogens with zero attached hydrogens (tertiary/aromatic N) is 1. The van der Waals surface area contributed by atoms with Crippen molar-refractivity contribution in [1.29, 1.82) is 0 Å². The Kier molecular flexibility index (Phi) is 4.47. The molecule has 1 aromatic carbocycles. The fourth-order valence-electron chi connectivity index (χ4n) is 1.95. The van der Waals surface area contributed by atoms with Crippen molar-refractivity contribution in [3.63, 3.8) is 0 Å². The van der Waals surface area contributed by atoms with Gasteiger partial charge >= 0.3 is 0 Å². The first-order valence-electron chi connectivity index (χ1n) is 6.11. The first-order valence-corrected chi connectivity index (χ1v) is 6.11. The summed E-state index contributed by atoms with van der Waals surface area (Å²) in [6.45, 7) is 0. The second-order valence-electron chi connectivity index (χ2n) is 4.28. The molecule has 100 valence electrons. The molecule has 3 nitrogen and oxygen atoms in total. The van der Waals surface area contributed by atoms with E-state index in [1.165, 1.54) is 13.2 Å². The second kappa shape index (κ2) is 6.29. The van der Waals surface area contributed by atoms with Gasteiger partial charge in [-0.25, -0.2) is 4.39 Å². The minimum atomic E-state index is -0.852. The number of aromatic nitrogens is 1. The van der Waals surface area contributed by atoms with Gasteiger partial charge in [0, 0.05) is 18.0 Å². The van der Waals surface area contributed by atoms with Crippen molar-refractivity contribution in [3.8, 4) is 5.75 Å². The zero-order valence-electron chi connectivity index (χ0n) is 10.7. The van der Waals surface area contributed by atoms with Crippen LogP contribution in [0.2, 0.25) is 0 Å². The van der Waals surface area contributed by atoms with E-state index in [-0.39, 0.29) is 11.3 Å². The molecule has 1 N–H and O–H groups in total. The molecule has 0 aliphatic carbocycles. The molecule has 1 aromatic heterocycles.